The van der Waals surface area contributed by atoms with Gasteiger partial charge >= 0.3 is 0 Å². The summed E-state index contributed by atoms with van der Waals surface area (Å²) in [6, 6.07) is 26.7. The highest BCUT2D eigenvalue weighted by Gasteiger charge is 2.43. The largest absolute Gasteiger partial charge is 0.507 e. The van der Waals surface area contributed by atoms with E-state index in [1.807, 2.05) is 89.8 Å². The molecular formula is C28H23BrN2O2. The summed E-state index contributed by atoms with van der Waals surface area (Å²) in [6.45, 7) is 0. The quantitative estimate of drug-likeness (QED) is 0.381. The molecule has 33 heavy (non-hydrogen) atoms. The predicted octanol–water partition coefficient (Wildman–Crippen LogP) is 7.01. The van der Waals surface area contributed by atoms with Crippen LogP contribution in [0, 0.1) is 5.41 Å². The van der Waals surface area contributed by atoms with Gasteiger partial charge in [0.2, 0.25) is 0 Å². The normalized spacial score (nSPS) is 20.0. The van der Waals surface area contributed by atoms with Crippen molar-refractivity contribution in [2.24, 2.45) is 0 Å². The van der Waals surface area contributed by atoms with E-state index in [0.29, 0.717) is 29.6 Å². The Balaban J connectivity index is 1.82. The molecule has 0 aromatic heterocycles. The summed E-state index contributed by atoms with van der Waals surface area (Å²) in [7, 11) is 0. The fourth-order valence-corrected chi connectivity index (χ4v) is 5.06. The van der Waals surface area contributed by atoms with Crippen molar-refractivity contribution in [2.45, 2.75) is 25.2 Å². The van der Waals surface area contributed by atoms with E-state index in [9.17, 15) is 15.3 Å². The minimum Gasteiger partial charge on any atom is -0.507 e. The number of nitrogens with one attached hydrogen (secondary N) is 1. The molecule has 0 radical (unpaired) electrons. The molecule has 3 aromatic rings. The van der Waals surface area contributed by atoms with Crippen molar-refractivity contribution in [1.29, 1.82) is 5.41 Å². The average Bonchev–Trinajstić information content (AvgIpc) is 2.85. The minimum absolute atomic E-state index is 0.0292. The number of ketones is 1. The molecule has 0 fully saturated rings. The van der Waals surface area contributed by atoms with Gasteiger partial charge in [-0.15, -0.1) is 0 Å². The monoisotopic (exact) mass is 498 g/mol. The first kappa shape index (κ1) is 21.4. The van der Waals surface area contributed by atoms with E-state index >= 15 is 0 Å². The van der Waals surface area contributed by atoms with Crippen LogP contribution in [0.25, 0.3) is 5.76 Å². The lowest BCUT2D eigenvalue weighted by molar-refractivity contribution is -0.116. The number of anilines is 1. The lowest BCUT2D eigenvalue weighted by Crippen LogP contribution is -2.42. The number of rotatable bonds is 3. The summed E-state index contributed by atoms with van der Waals surface area (Å²) in [5.41, 5.74) is 4.32. The van der Waals surface area contributed by atoms with Crippen LogP contribution in [0.4, 0.5) is 5.69 Å². The van der Waals surface area contributed by atoms with Gasteiger partial charge in [0, 0.05) is 44.9 Å². The molecule has 0 saturated carbocycles. The van der Waals surface area contributed by atoms with E-state index in [1.54, 1.807) is 0 Å². The van der Waals surface area contributed by atoms with Gasteiger partial charge in [-0.05, 0) is 42.7 Å². The Bertz CT molecular complexity index is 1280. The molecule has 0 amide bonds. The second-order valence-corrected chi connectivity index (χ2v) is 9.19. The molecule has 1 heterocycles. The van der Waals surface area contributed by atoms with E-state index < -0.39 is 5.92 Å². The predicted molar refractivity (Wildman–Crippen MR) is 135 cm³/mol. The highest BCUT2D eigenvalue weighted by molar-refractivity contribution is 9.10. The molecule has 3 aromatic carbocycles. The summed E-state index contributed by atoms with van der Waals surface area (Å²) >= 11 is 3.48. The first-order valence-corrected chi connectivity index (χ1v) is 11.8. The molecule has 164 valence electrons. The average molecular weight is 499 g/mol. The third-order valence-corrected chi connectivity index (χ3v) is 6.80. The van der Waals surface area contributed by atoms with Gasteiger partial charge in [0.1, 0.15) is 11.6 Å². The second kappa shape index (κ2) is 8.83. The standard InChI is InChI=1S/C28H23BrN2O2/c29-20-14-16-21(17-15-20)31-22-12-7-13-23(32)25(22)24(18-8-3-1-4-9-18)26(28(31)30)27(33)19-10-5-2-6-11-19/h1-6,8-11,14-17,24,30,33H,7,12-13H2/b27-26+,30-28?/t24-/m1/s1. The number of hydrogen-bond donors (Lipinski definition) is 2. The molecule has 4 nitrogen and oxygen atoms in total. The van der Waals surface area contributed by atoms with Gasteiger partial charge in [0.05, 0.1) is 0 Å². The lowest BCUT2D eigenvalue weighted by Gasteiger charge is -2.41. The maximum atomic E-state index is 13.4. The van der Waals surface area contributed by atoms with Gasteiger partial charge in [-0.2, -0.15) is 0 Å². The first-order chi connectivity index (χ1) is 16.1. The molecule has 1 aliphatic carbocycles. The SMILES string of the molecule is N=C1/C(=C(/O)c2ccccc2)[C@H](c2ccccc2)C2=C(CCCC2=O)N1c1ccc(Br)cc1. The third kappa shape index (κ3) is 3.83. The zero-order valence-electron chi connectivity index (χ0n) is 18.0. The van der Waals surface area contributed by atoms with Gasteiger partial charge in [-0.1, -0.05) is 76.6 Å². The van der Waals surface area contributed by atoms with E-state index in [1.165, 1.54) is 0 Å². The molecule has 1 aliphatic heterocycles. The highest BCUT2D eigenvalue weighted by atomic mass is 79.9. The maximum Gasteiger partial charge on any atom is 0.161 e. The van der Waals surface area contributed by atoms with E-state index in [0.717, 1.165) is 27.8 Å². The number of allylic oxidation sites excluding steroid dienone is 2. The number of aliphatic hydroxyl groups excluding tert-OH is 1. The summed E-state index contributed by atoms with van der Waals surface area (Å²) in [5.74, 6) is -0.186. The molecule has 0 bridgehead atoms. The molecule has 0 spiro atoms. The molecule has 1 atom stereocenters. The van der Waals surface area contributed by atoms with Crippen LogP contribution < -0.4 is 4.90 Å². The number of carbonyl (C=O) groups excluding carboxylic acids is 1. The second-order valence-electron chi connectivity index (χ2n) is 8.27. The van der Waals surface area contributed by atoms with Gasteiger partial charge in [-0.3, -0.25) is 15.1 Å². The van der Waals surface area contributed by atoms with Crippen LogP contribution >= 0.6 is 15.9 Å². The lowest BCUT2D eigenvalue weighted by atomic mass is 9.73. The number of halogens is 1. The van der Waals surface area contributed by atoms with Crippen molar-refractivity contribution in [3.8, 4) is 0 Å². The number of Topliss-reactive ketones (excluding diaryl/α,β-unsaturated/α-hetero) is 1. The van der Waals surface area contributed by atoms with E-state index in [2.05, 4.69) is 15.9 Å². The molecule has 0 unspecified atom stereocenters. The van der Waals surface area contributed by atoms with Crippen molar-refractivity contribution in [2.75, 3.05) is 4.90 Å². The molecule has 2 aliphatic rings. The van der Waals surface area contributed by atoms with E-state index in [4.69, 9.17) is 0 Å². The number of amidine groups is 1. The zero-order chi connectivity index (χ0) is 22.9. The van der Waals surface area contributed by atoms with Crippen molar-refractivity contribution in [3.63, 3.8) is 0 Å². The Morgan fingerprint density at radius 1 is 0.909 bits per heavy atom. The minimum atomic E-state index is -0.492. The van der Waals surface area contributed by atoms with Gasteiger partial charge in [0.25, 0.3) is 0 Å². The smallest absolute Gasteiger partial charge is 0.161 e. The first-order valence-electron chi connectivity index (χ1n) is 11.0. The van der Waals surface area contributed by atoms with Crippen LogP contribution in [0.5, 0.6) is 0 Å². The molecular weight excluding hydrogens is 476 g/mol. The Kier molecular flexibility index (Phi) is 5.73. The fourth-order valence-electron chi connectivity index (χ4n) is 4.80. The van der Waals surface area contributed by atoms with Crippen molar-refractivity contribution < 1.29 is 9.90 Å². The molecule has 2 N–H and O–H groups in total. The maximum absolute atomic E-state index is 13.4. The summed E-state index contributed by atoms with van der Waals surface area (Å²) in [5, 5.41) is 20.8. The molecule has 0 saturated heterocycles. The van der Waals surface area contributed by atoms with E-state index in [-0.39, 0.29) is 17.4 Å². The number of aliphatic hydroxyl groups is 1. The number of carbonyl (C=O) groups is 1. The fraction of sp³-hybridized carbons (Fsp3) is 0.143. The third-order valence-electron chi connectivity index (χ3n) is 6.27. The highest BCUT2D eigenvalue weighted by Crippen LogP contribution is 2.47. The van der Waals surface area contributed by atoms with Crippen LogP contribution in [0.1, 0.15) is 36.3 Å². The van der Waals surface area contributed by atoms with Crippen LogP contribution in [0.3, 0.4) is 0 Å². The zero-order valence-corrected chi connectivity index (χ0v) is 19.5. The summed E-state index contributed by atoms with van der Waals surface area (Å²) in [6.07, 6.45) is 1.94. The van der Waals surface area contributed by atoms with Crippen LogP contribution in [0.2, 0.25) is 0 Å². The topological polar surface area (TPSA) is 64.4 Å². The Morgan fingerprint density at radius 2 is 1.55 bits per heavy atom. The van der Waals surface area contributed by atoms with Crippen molar-refractivity contribution in [1.82, 2.24) is 0 Å². The van der Waals surface area contributed by atoms with Crippen LogP contribution in [-0.4, -0.2) is 16.7 Å². The number of hydrogen-bond acceptors (Lipinski definition) is 3. The molecule has 5 heteroatoms. The Labute approximate surface area is 201 Å². The number of nitrogens with zero attached hydrogens (tertiary/aromatic N) is 1. The summed E-state index contributed by atoms with van der Waals surface area (Å²) in [4.78, 5) is 15.2. The molecule has 5 rings (SSSR count). The number of benzene rings is 3. The van der Waals surface area contributed by atoms with Gasteiger partial charge < -0.3 is 5.11 Å². The van der Waals surface area contributed by atoms with Gasteiger partial charge in [-0.25, -0.2) is 0 Å². The van der Waals surface area contributed by atoms with Crippen LogP contribution in [-0.2, 0) is 4.79 Å². The van der Waals surface area contributed by atoms with Crippen LogP contribution in [0.15, 0.2) is 106 Å². The van der Waals surface area contributed by atoms with Gasteiger partial charge in [0.15, 0.2) is 5.78 Å². The van der Waals surface area contributed by atoms with Crippen molar-refractivity contribution >= 4 is 39.0 Å². The Hall–Kier alpha value is -3.44. The van der Waals surface area contributed by atoms with Crippen molar-refractivity contribution in [3.05, 3.63) is 117 Å². The summed E-state index contributed by atoms with van der Waals surface area (Å²) < 4.78 is 0.939. The Morgan fingerprint density at radius 3 is 2.21 bits per heavy atom.